The molecule has 4 nitrogen and oxygen atoms in total. The van der Waals surface area contributed by atoms with Crippen LogP contribution in [-0.4, -0.2) is 48.7 Å². The number of aliphatic hydroxyl groups is 1. The minimum absolute atomic E-state index is 0.0923. The number of piperidine rings is 1. The minimum atomic E-state index is -0.586. The molecule has 2 N–H and O–H groups in total. The standard InChI is InChI=1S/C12H24N2O2/c1-9-4-6-14(7-5-9)12(16)10(2)11(15)8-13-3/h9-11,13,15H,4-8H2,1-3H3. The first-order valence-electron chi connectivity index (χ1n) is 6.17. The molecule has 0 radical (unpaired) electrons. The van der Waals surface area contributed by atoms with Crippen LogP contribution in [0.25, 0.3) is 0 Å². The Bertz CT molecular complexity index is 221. The molecule has 0 aromatic rings. The lowest BCUT2D eigenvalue weighted by Crippen LogP contribution is -2.45. The van der Waals surface area contributed by atoms with Crippen LogP contribution in [0.5, 0.6) is 0 Å². The van der Waals surface area contributed by atoms with E-state index in [9.17, 15) is 9.90 Å². The number of amides is 1. The van der Waals surface area contributed by atoms with Gasteiger partial charge in [0.2, 0.25) is 5.91 Å². The Balaban J connectivity index is 2.44. The van der Waals surface area contributed by atoms with Crippen molar-refractivity contribution in [3.05, 3.63) is 0 Å². The van der Waals surface area contributed by atoms with Crippen LogP contribution in [-0.2, 0) is 4.79 Å². The summed E-state index contributed by atoms with van der Waals surface area (Å²) in [5.74, 6) is 0.511. The summed E-state index contributed by atoms with van der Waals surface area (Å²) in [6.45, 7) is 6.19. The fraction of sp³-hybridized carbons (Fsp3) is 0.917. The maximum Gasteiger partial charge on any atom is 0.228 e. The number of likely N-dealkylation sites (N-methyl/N-ethyl adjacent to an activating group) is 1. The van der Waals surface area contributed by atoms with Crippen molar-refractivity contribution >= 4 is 5.91 Å². The second-order valence-corrected chi connectivity index (χ2v) is 4.92. The van der Waals surface area contributed by atoms with Crippen molar-refractivity contribution in [3.8, 4) is 0 Å². The number of hydrogen-bond acceptors (Lipinski definition) is 3. The van der Waals surface area contributed by atoms with Crippen LogP contribution in [0, 0.1) is 11.8 Å². The maximum atomic E-state index is 12.1. The molecular formula is C12H24N2O2. The Kier molecular flexibility index (Phi) is 5.22. The number of hydrogen-bond donors (Lipinski definition) is 2. The first-order valence-corrected chi connectivity index (χ1v) is 6.17. The molecule has 1 fully saturated rings. The predicted molar refractivity (Wildman–Crippen MR) is 64.1 cm³/mol. The van der Waals surface area contributed by atoms with Crippen molar-refractivity contribution in [3.63, 3.8) is 0 Å². The predicted octanol–water partition coefficient (Wildman–Crippen LogP) is 0.461. The number of rotatable bonds is 4. The molecule has 1 aliphatic rings. The van der Waals surface area contributed by atoms with Crippen LogP contribution in [0.2, 0.25) is 0 Å². The van der Waals surface area contributed by atoms with Gasteiger partial charge < -0.3 is 15.3 Å². The molecule has 2 unspecified atom stereocenters. The zero-order chi connectivity index (χ0) is 12.1. The smallest absolute Gasteiger partial charge is 0.228 e. The highest BCUT2D eigenvalue weighted by Gasteiger charge is 2.28. The average molecular weight is 228 g/mol. The molecule has 0 aromatic carbocycles. The van der Waals surface area contributed by atoms with Crippen LogP contribution in [0.4, 0.5) is 0 Å². The number of carbonyl (C=O) groups is 1. The van der Waals surface area contributed by atoms with E-state index in [1.165, 1.54) is 0 Å². The molecule has 0 saturated carbocycles. The van der Waals surface area contributed by atoms with Gasteiger partial charge in [-0.1, -0.05) is 13.8 Å². The highest BCUT2D eigenvalue weighted by molar-refractivity contribution is 5.79. The Morgan fingerprint density at radius 1 is 1.50 bits per heavy atom. The molecule has 4 heteroatoms. The largest absolute Gasteiger partial charge is 0.391 e. The SMILES string of the molecule is CNCC(O)C(C)C(=O)N1CCC(C)CC1. The van der Waals surface area contributed by atoms with E-state index in [4.69, 9.17) is 0 Å². The summed E-state index contributed by atoms with van der Waals surface area (Å²) in [7, 11) is 1.78. The molecule has 1 saturated heterocycles. The first kappa shape index (κ1) is 13.5. The van der Waals surface area contributed by atoms with Gasteiger partial charge in [0.05, 0.1) is 12.0 Å². The third-order valence-corrected chi connectivity index (χ3v) is 3.48. The molecular weight excluding hydrogens is 204 g/mol. The van der Waals surface area contributed by atoms with E-state index >= 15 is 0 Å². The third-order valence-electron chi connectivity index (χ3n) is 3.48. The minimum Gasteiger partial charge on any atom is -0.391 e. The fourth-order valence-electron chi connectivity index (χ4n) is 2.07. The molecule has 1 amide bonds. The van der Waals surface area contributed by atoms with Crippen LogP contribution >= 0.6 is 0 Å². The van der Waals surface area contributed by atoms with Crippen molar-refractivity contribution in [2.45, 2.75) is 32.8 Å². The van der Waals surface area contributed by atoms with Crippen LogP contribution in [0.15, 0.2) is 0 Å². The number of aliphatic hydroxyl groups excluding tert-OH is 1. The molecule has 1 aliphatic heterocycles. The van der Waals surface area contributed by atoms with E-state index in [2.05, 4.69) is 12.2 Å². The number of likely N-dealkylation sites (tertiary alicyclic amines) is 1. The Morgan fingerprint density at radius 3 is 2.56 bits per heavy atom. The lowest BCUT2D eigenvalue weighted by atomic mass is 9.96. The maximum absolute atomic E-state index is 12.1. The van der Waals surface area contributed by atoms with E-state index in [0.717, 1.165) is 31.8 Å². The van der Waals surface area contributed by atoms with Gasteiger partial charge in [0, 0.05) is 19.6 Å². The number of nitrogens with zero attached hydrogens (tertiary/aromatic N) is 1. The highest BCUT2D eigenvalue weighted by Crippen LogP contribution is 2.18. The summed E-state index contributed by atoms with van der Waals surface area (Å²) in [4.78, 5) is 14.0. The zero-order valence-electron chi connectivity index (χ0n) is 10.6. The number of carbonyl (C=O) groups excluding carboxylic acids is 1. The van der Waals surface area contributed by atoms with Crippen LogP contribution < -0.4 is 5.32 Å². The van der Waals surface area contributed by atoms with E-state index in [-0.39, 0.29) is 11.8 Å². The van der Waals surface area contributed by atoms with Crippen LogP contribution in [0.1, 0.15) is 26.7 Å². The molecule has 0 spiro atoms. The quantitative estimate of drug-likeness (QED) is 0.735. The van der Waals surface area contributed by atoms with E-state index in [1.807, 2.05) is 11.8 Å². The lowest BCUT2D eigenvalue weighted by molar-refractivity contribution is -0.139. The van der Waals surface area contributed by atoms with Gasteiger partial charge in [0.1, 0.15) is 0 Å². The van der Waals surface area contributed by atoms with Gasteiger partial charge in [-0.05, 0) is 25.8 Å². The van der Waals surface area contributed by atoms with Gasteiger partial charge in [-0.25, -0.2) is 0 Å². The number of nitrogens with one attached hydrogen (secondary N) is 1. The third kappa shape index (κ3) is 3.46. The summed E-state index contributed by atoms with van der Waals surface area (Å²) in [6.07, 6.45) is 1.58. The average Bonchev–Trinajstić information content (AvgIpc) is 2.28. The zero-order valence-corrected chi connectivity index (χ0v) is 10.6. The van der Waals surface area contributed by atoms with E-state index < -0.39 is 6.10 Å². The summed E-state index contributed by atoms with van der Waals surface area (Å²) in [5, 5.41) is 12.7. The summed E-state index contributed by atoms with van der Waals surface area (Å²) in [6, 6.07) is 0. The van der Waals surface area contributed by atoms with E-state index in [1.54, 1.807) is 7.05 Å². The Labute approximate surface area is 98.0 Å². The van der Waals surface area contributed by atoms with Crippen molar-refractivity contribution in [2.75, 3.05) is 26.7 Å². The van der Waals surface area contributed by atoms with Crippen molar-refractivity contribution < 1.29 is 9.90 Å². The van der Waals surface area contributed by atoms with Crippen molar-refractivity contribution in [2.24, 2.45) is 11.8 Å². The molecule has 1 rings (SSSR count). The summed E-state index contributed by atoms with van der Waals surface area (Å²) >= 11 is 0. The van der Waals surface area contributed by atoms with Gasteiger partial charge in [-0.15, -0.1) is 0 Å². The molecule has 2 atom stereocenters. The normalized spacial score (nSPS) is 21.9. The molecule has 0 bridgehead atoms. The van der Waals surface area contributed by atoms with Gasteiger partial charge >= 0.3 is 0 Å². The second-order valence-electron chi connectivity index (χ2n) is 4.92. The van der Waals surface area contributed by atoms with Crippen LogP contribution in [0.3, 0.4) is 0 Å². The Morgan fingerprint density at radius 2 is 2.06 bits per heavy atom. The summed E-state index contributed by atoms with van der Waals surface area (Å²) in [5.41, 5.74) is 0. The lowest BCUT2D eigenvalue weighted by Gasteiger charge is -2.33. The monoisotopic (exact) mass is 228 g/mol. The molecule has 0 aromatic heterocycles. The van der Waals surface area contributed by atoms with Crippen molar-refractivity contribution in [1.29, 1.82) is 0 Å². The topological polar surface area (TPSA) is 52.6 Å². The van der Waals surface area contributed by atoms with Crippen molar-refractivity contribution in [1.82, 2.24) is 10.2 Å². The van der Waals surface area contributed by atoms with Gasteiger partial charge in [0.25, 0.3) is 0 Å². The van der Waals surface area contributed by atoms with Gasteiger partial charge in [-0.2, -0.15) is 0 Å². The molecule has 1 heterocycles. The van der Waals surface area contributed by atoms with E-state index in [0.29, 0.717) is 6.54 Å². The molecule has 0 aliphatic carbocycles. The fourth-order valence-corrected chi connectivity index (χ4v) is 2.07. The molecule has 94 valence electrons. The van der Waals surface area contributed by atoms with Gasteiger partial charge in [0.15, 0.2) is 0 Å². The first-order chi connectivity index (χ1) is 7.56. The molecule has 16 heavy (non-hydrogen) atoms. The highest BCUT2D eigenvalue weighted by atomic mass is 16.3. The summed E-state index contributed by atoms with van der Waals surface area (Å²) < 4.78 is 0. The van der Waals surface area contributed by atoms with Gasteiger partial charge in [-0.3, -0.25) is 4.79 Å². The Hall–Kier alpha value is -0.610. The second kappa shape index (κ2) is 6.21.